The Bertz CT molecular complexity index is 345. The molecule has 1 rings (SSSR count). The van der Waals surface area contributed by atoms with Crippen molar-refractivity contribution in [2.24, 2.45) is 0 Å². The van der Waals surface area contributed by atoms with Gasteiger partial charge < -0.3 is 5.32 Å². The standard InChI is InChI=1S/C17H29N/c1-6-8-16(18-9-7-2)12-17-14(4)10-13(3)11-15(17)5/h10-11,16,18H,6-9,12H2,1-5H3. The van der Waals surface area contributed by atoms with Crippen molar-refractivity contribution in [1.29, 1.82) is 0 Å². The zero-order valence-corrected chi connectivity index (χ0v) is 12.8. The van der Waals surface area contributed by atoms with Crippen LogP contribution in [0.1, 0.15) is 55.4 Å². The fourth-order valence-electron chi connectivity index (χ4n) is 2.75. The van der Waals surface area contributed by atoms with E-state index in [1.165, 1.54) is 42.4 Å². The molecular weight excluding hydrogens is 218 g/mol. The third kappa shape index (κ3) is 4.45. The van der Waals surface area contributed by atoms with E-state index in [4.69, 9.17) is 0 Å². The van der Waals surface area contributed by atoms with Crippen LogP contribution in [-0.4, -0.2) is 12.6 Å². The fraction of sp³-hybridized carbons (Fsp3) is 0.647. The maximum atomic E-state index is 3.69. The number of hydrogen-bond donors (Lipinski definition) is 1. The molecule has 1 aromatic rings. The molecule has 1 aromatic carbocycles. The number of nitrogens with one attached hydrogen (secondary N) is 1. The van der Waals surface area contributed by atoms with Gasteiger partial charge in [-0.05, 0) is 63.3 Å². The monoisotopic (exact) mass is 247 g/mol. The van der Waals surface area contributed by atoms with Crippen molar-refractivity contribution in [3.05, 3.63) is 34.4 Å². The first-order chi connectivity index (χ1) is 8.58. The summed E-state index contributed by atoms with van der Waals surface area (Å²) >= 11 is 0. The summed E-state index contributed by atoms with van der Waals surface area (Å²) in [5.41, 5.74) is 5.82. The normalized spacial score (nSPS) is 12.7. The third-order valence-corrected chi connectivity index (χ3v) is 3.61. The highest BCUT2D eigenvalue weighted by Crippen LogP contribution is 2.19. The Balaban J connectivity index is 2.79. The van der Waals surface area contributed by atoms with E-state index in [-0.39, 0.29) is 0 Å². The average Bonchev–Trinajstić information content (AvgIpc) is 2.30. The zero-order valence-electron chi connectivity index (χ0n) is 12.8. The van der Waals surface area contributed by atoms with Gasteiger partial charge >= 0.3 is 0 Å². The molecule has 1 unspecified atom stereocenters. The Kier molecular flexibility index (Phi) is 6.42. The van der Waals surface area contributed by atoms with E-state index in [2.05, 4.69) is 52.1 Å². The van der Waals surface area contributed by atoms with Crippen molar-refractivity contribution in [2.45, 2.75) is 66.3 Å². The van der Waals surface area contributed by atoms with Crippen LogP contribution in [0.25, 0.3) is 0 Å². The van der Waals surface area contributed by atoms with Crippen LogP contribution < -0.4 is 5.32 Å². The van der Waals surface area contributed by atoms with E-state index in [0.29, 0.717) is 6.04 Å². The molecule has 0 amide bonds. The number of benzene rings is 1. The summed E-state index contributed by atoms with van der Waals surface area (Å²) in [6.45, 7) is 12.3. The summed E-state index contributed by atoms with van der Waals surface area (Å²) in [5, 5.41) is 3.69. The minimum absolute atomic E-state index is 0.634. The van der Waals surface area contributed by atoms with Crippen LogP contribution in [0.2, 0.25) is 0 Å². The van der Waals surface area contributed by atoms with Crippen molar-refractivity contribution < 1.29 is 0 Å². The summed E-state index contributed by atoms with van der Waals surface area (Å²) in [5.74, 6) is 0. The van der Waals surface area contributed by atoms with Crippen LogP contribution in [0, 0.1) is 20.8 Å². The Morgan fingerprint density at radius 2 is 1.61 bits per heavy atom. The molecule has 0 aliphatic carbocycles. The van der Waals surface area contributed by atoms with Gasteiger partial charge in [0.15, 0.2) is 0 Å². The molecule has 0 saturated heterocycles. The van der Waals surface area contributed by atoms with Gasteiger partial charge in [0.2, 0.25) is 0 Å². The van der Waals surface area contributed by atoms with Gasteiger partial charge in [-0.2, -0.15) is 0 Å². The summed E-state index contributed by atoms with van der Waals surface area (Å²) in [7, 11) is 0. The van der Waals surface area contributed by atoms with Crippen molar-refractivity contribution in [3.63, 3.8) is 0 Å². The molecule has 1 N–H and O–H groups in total. The molecule has 0 aliphatic heterocycles. The van der Waals surface area contributed by atoms with Crippen LogP contribution in [0.3, 0.4) is 0 Å². The lowest BCUT2D eigenvalue weighted by atomic mass is 9.93. The van der Waals surface area contributed by atoms with Crippen LogP contribution in [0.5, 0.6) is 0 Å². The second kappa shape index (κ2) is 7.58. The molecule has 0 spiro atoms. The molecule has 0 aromatic heterocycles. The second-order valence-corrected chi connectivity index (χ2v) is 5.52. The third-order valence-electron chi connectivity index (χ3n) is 3.61. The quantitative estimate of drug-likeness (QED) is 0.756. The van der Waals surface area contributed by atoms with Crippen LogP contribution in [0.15, 0.2) is 12.1 Å². The summed E-state index contributed by atoms with van der Waals surface area (Å²) in [6.07, 6.45) is 4.91. The number of hydrogen-bond acceptors (Lipinski definition) is 1. The first-order valence-electron chi connectivity index (χ1n) is 7.38. The summed E-state index contributed by atoms with van der Waals surface area (Å²) in [4.78, 5) is 0. The first-order valence-corrected chi connectivity index (χ1v) is 7.38. The van der Waals surface area contributed by atoms with Gasteiger partial charge in [-0.1, -0.05) is 38.0 Å². The molecular formula is C17H29N. The predicted octanol–water partition coefficient (Wildman–Crippen LogP) is 4.32. The van der Waals surface area contributed by atoms with E-state index in [0.717, 1.165) is 6.54 Å². The molecule has 0 radical (unpaired) electrons. The fourth-order valence-corrected chi connectivity index (χ4v) is 2.75. The lowest BCUT2D eigenvalue weighted by Gasteiger charge is -2.21. The van der Waals surface area contributed by atoms with E-state index in [1.807, 2.05) is 0 Å². The Hall–Kier alpha value is -0.820. The lowest BCUT2D eigenvalue weighted by molar-refractivity contribution is 0.471. The van der Waals surface area contributed by atoms with Crippen molar-refractivity contribution in [1.82, 2.24) is 5.32 Å². The Morgan fingerprint density at radius 1 is 1.00 bits per heavy atom. The largest absolute Gasteiger partial charge is 0.314 e. The van der Waals surface area contributed by atoms with Gasteiger partial charge in [0.05, 0.1) is 0 Å². The van der Waals surface area contributed by atoms with E-state index in [1.54, 1.807) is 5.56 Å². The molecule has 102 valence electrons. The molecule has 18 heavy (non-hydrogen) atoms. The molecule has 0 bridgehead atoms. The second-order valence-electron chi connectivity index (χ2n) is 5.52. The van der Waals surface area contributed by atoms with Crippen LogP contribution >= 0.6 is 0 Å². The lowest BCUT2D eigenvalue weighted by Crippen LogP contribution is -2.32. The summed E-state index contributed by atoms with van der Waals surface area (Å²) in [6, 6.07) is 5.26. The van der Waals surface area contributed by atoms with E-state index < -0.39 is 0 Å². The zero-order chi connectivity index (χ0) is 13.5. The van der Waals surface area contributed by atoms with Crippen molar-refractivity contribution in [2.75, 3.05) is 6.54 Å². The van der Waals surface area contributed by atoms with Crippen LogP contribution in [0.4, 0.5) is 0 Å². The molecule has 1 atom stereocenters. The highest BCUT2D eigenvalue weighted by molar-refractivity contribution is 5.38. The van der Waals surface area contributed by atoms with Gasteiger partial charge in [0.1, 0.15) is 0 Å². The van der Waals surface area contributed by atoms with Crippen LogP contribution in [-0.2, 0) is 6.42 Å². The highest BCUT2D eigenvalue weighted by atomic mass is 14.9. The molecule has 0 saturated carbocycles. The topological polar surface area (TPSA) is 12.0 Å². The average molecular weight is 247 g/mol. The van der Waals surface area contributed by atoms with Gasteiger partial charge in [0.25, 0.3) is 0 Å². The van der Waals surface area contributed by atoms with Crippen molar-refractivity contribution in [3.8, 4) is 0 Å². The SMILES string of the molecule is CCCNC(CCC)Cc1c(C)cc(C)cc1C. The molecule has 1 nitrogen and oxygen atoms in total. The maximum absolute atomic E-state index is 3.69. The maximum Gasteiger partial charge on any atom is 0.0108 e. The summed E-state index contributed by atoms with van der Waals surface area (Å²) < 4.78 is 0. The number of aryl methyl sites for hydroxylation is 3. The minimum Gasteiger partial charge on any atom is -0.314 e. The molecule has 0 heterocycles. The Morgan fingerprint density at radius 3 is 2.11 bits per heavy atom. The van der Waals surface area contributed by atoms with E-state index >= 15 is 0 Å². The molecule has 0 fully saturated rings. The smallest absolute Gasteiger partial charge is 0.0108 e. The van der Waals surface area contributed by atoms with Crippen molar-refractivity contribution >= 4 is 0 Å². The first kappa shape index (κ1) is 15.2. The predicted molar refractivity (Wildman–Crippen MR) is 81.3 cm³/mol. The van der Waals surface area contributed by atoms with Gasteiger partial charge in [-0.3, -0.25) is 0 Å². The number of rotatable bonds is 7. The van der Waals surface area contributed by atoms with Gasteiger partial charge in [-0.15, -0.1) is 0 Å². The molecule has 0 aliphatic rings. The highest BCUT2D eigenvalue weighted by Gasteiger charge is 2.11. The minimum atomic E-state index is 0.634. The Labute approximate surface area is 113 Å². The molecule has 1 heteroatoms. The van der Waals surface area contributed by atoms with E-state index in [9.17, 15) is 0 Å². The van der Waals surface area contributed by atoms with Gasteiger partial charge in [-0.25, -0.2) is 0 Å². The van der Waals surface area contributed by atoms with Gasteiger partial charge in [0, 0.05) is 6.04 Å².